The Labute approximate surface area is 206 Å². The molecular weight excluding hydrogens is 466 g/mol. The molecular formula is C26H23N3O7. The van der Waals surface area contributed by atoms with Crippen LogP contribution in [0.1, 0.15) is 17.2 Å². The van der Waals surface area contributed by atoms with Crippen LogP contribution in [0.3, 0.4) is 0 Å². The summed E-state index contributed by atoms with van der Waals surface area (Å²) in [5, 5.41) is 13.5. The lowest BCUT2D eigenvalue weighted by atomic mass is 9.89. The summed E-state index contributed by atoms with van der Waals surface area (Å²) in [6.07, 6.45) is -1.13. The van der Waals surface area contributed by atoms with Crippen LogP contribution >= 0.6 is 0 Å². The molecule has 2 fully saturated rings. The van der Waals surface area contributed by atoms with Crippen LogP contribution in [0.2, 0.25) is 0 Å². The quantitative estimate of drug-likeness (QED) is 0.281. The number of benzene rings is 3. The Morgan fingerprint density at radius 2 is 1.53 bits per heavy atom. The fourth-order valence-electron chi connectivity index (χ4n) is 4.79. The van der Waals surface area contributed by atoms with Crippen LogP contribution < -0.4 is 14.5 Å². The number of hydrogen-bond acceptors (Lipinski definition) is 8. The topological polar surface area (TPSA) is 111 Å². The second kappa shape index (κ2) is 9.31. The minimum absolute atomic E-state index is 0.0843. The second-order valence-corrected chi connectivity index (χ2v) is 8.43. The summed E-state index contributed by atoms with van der Waals surface area (Å²) < 4.78 is 10.7. The van der Waals surface area contributed by atoms with Crippen molar-refractivity contribution in [2.24, 2.45) is 5.92 Å². The molecule has 36 heavy (non-hydrogen) atoms. The lowest BCUT2D eigenvalue weighted by Crippen LogP contribution is -2.37. The second-order valence-electron chi connectivity index (χ2n) is 8.43. The highest BCUT2D eigenvalue weighted by Crippen LogP contribution is 2.50. The summed E-state index contributed by atoms with van der Waals surface area (Å²) in [5.74, 6) is -1.51. The highest BCUT2D eigenvalue weighted by Gasteiger charge is 2.61. The largest absolute Gasteiger partial charge is 0.493 e. The van der Waals surface area contributed by atoms with Crippen LogP contribution in [0.25, 0.3) is 0 Å². The van der Waals surface area contributed by atoms with Crippen LogP contribution in [-0.2, 0) is 21.0 Å². The number of rotatable bonds is 7. The van der Waals surface area contributed by atoms with Crippen molar-refractivity contribution in [2.75, 3.05) is 19.3 Å². The Hall–Kier alpha value is -4.44. The number of hydrogen-bond donors (Lipinski definition) is 0. The summed E-state index contributed by atoms with van der Waals surface area (Å²) in [4.78, 5) is 45.9. The summed E-state index contributed by atoms with van der Waals surface area (Å²) in [6.45, 7) is 0.0843. The Morgan fingerprint density at radius 3 is 2.14 bits per heavy atom. The van der Waals surface area contributed by atoms with Gasteiger partial charge in [-0.1, -0.05) is 48.5 Å². The van der Waals surface area contributed by atoms with Crippen molar-refractivity contribution in [3.8, 4) is 11.5 Å². The smallest absolute Gasteiger partial charge is 0.278 e. The van der Waals surface area contributed by atoms with E-state index in [1.165, 1.54) is 31.4 Å². The van der Waals surface area contributed by atoms with E-state index in [1.54, 1.807) is 24.3 Å². The number of carbonyl (C=O) groups is 2. The van der Waals surface area contributed by atoms with E-state index in [1.807, 2.05) is 36.4 Å². The number of carbonyl (C=O) groups excluding carboxylic acids is 2. The van der Waals surface area contributed by atoms with Gasteiger partial charge in [0, 0.05) is 0 Å². The maximum Gasteiger partial charge on any atom is 0.278 e. The third kappa shape index (κ3) is 3.81. The SMILES string of the molecule is COc1cc([C@H]2[C@@H]3C(=O)N(Cc4ccccc4)C(=O)[C@H]3ON2c2ccccc2)c([N+](=O)[O-])cc1OC. The number of fused-ring (bicyclic) bond motifs is 1. The Bertz CT molecular complexity index is 1320. The maximum atomic E-state index is 13.7. The zero-order chi connectivity index (χ0) is 25.4. The molecule has 0 saturated carbocycles. The van der Waals surface area contributed by atoms with E-state index in [0.717, 1.165) is 10.5 Å². The van der Waals surface area contributed by atoms with Gasteiger partial charge in [-0.25, -0.2) is 5.06 Å². The molecule has 2 aliphatic rings. The van der Waals surface area contributed by atoms with Crippen LogP contribution in [0, 0.1) is 16.0 Å². The van der Waals surface area contributed by atoms with Gasteiger partial charge in [0.05, 0.1) is 43.0 Å². The van der Waals surface area contributed by atoms with Crippen LogP contribution in [-0.4, -0.2) is 42.0 Å². The predicted molar refractivity (Wildman–Crippen MR) is 128 cm³/mol. The molecule has 3 atom stereocenters. The van der Waals surface area contributed by atoms with Crippen molar-refractivity contribution < 1.29 is 28.8 Å². The molecule has 2 amide bonds. The van der Waals surface area contributed by atoms with Gasteiger partial charge in [-0.2, -0.15) is 0 Å². The number of para-hydroxylation sites is 1. The number of nitro benzene ring substituents is 1. The van der Waals surface area contributed by atoms with Crippen molar-refractivity contribution in [1.29, 1.82) is 0 Å². The number of likely N-dealkylation sites (tertiary alicyclic amines) is 1. The predicted octanol–water partition coefficient (Wildman–Crippen LogP) is 3.66. The van der Waals surface area contributed by atoms with Gasteiger partial charge in [0.1, 0.15) is 12.0 Å². The van der Waals surface area contributed by atoms with E-state index in [9.17, 15) is 19.7 Å². The van der Waals surface area contributed by atoms with Gasteiger partial charge in [-0.05, 0) is 23.8 Å². The number of anilines is 1. The van der Waals surface area contributed by atoms with Crippen molar-refractivity contribution in [3.63, 3.8) is 0 Å². The van der Waals surface area contributed by atoms with Gasteiger partial charge < -0.3 is 9.47 Å². The molecule has 10 nitrogen and oxygen atoms in total. The third-order valence-electron chi connectivity index (χ3n) is 6.45. The van der Waals surface area contributed by atoms with Crippen LogP contribution in [0.4, 0.5) is 11.4 Å². The number of ether oxygens (including phenoxy) is 2. The molecule has 3 aromatic carbocycles. The highest BCUT2D eigenvalue weighted by molar-refractivity contribution is 6.07. The number of imide groups is 1. The lowest BCUT2D eigenvalue weighted by Gasteiger charge is -2.29. The normalized spacial score (nSPS) is 21.0. The summed E-state index contributed by atoms with van der Waals surface area (Å²) in [5.41, 5.74) is 1.24. The minimum Gasteiger partial charge on any atom is -0.493 e. The average molecular weight is 489 g/mol. The van der Waals surface area contributed by atoms with E-state index in [0.29, 0.717) is 5.69 Å². The Kier molecular flexibility index (Phi) is 6.03. The van der Waals surface area contributed by atoms with Crippen molar-refractivity contribution in [2.45, 2.75) is 18.7 Å². The van der Waals surface area contributed by atoms with Gasteiger partial charge in [-0.3, -0.25) is 29.4 Å². The number of methoxy groups -OCH3 is 2. The first-order chi connectivity index (χ1) is 17.4. The first kappa shape index (κ1) is 23.3. The third-order valence-corrected chi connectivity index (χ3v) is 6.45. The van der Waals surface area contributed by atoms with E-state index in [-0.39, 0.29) is 29.3 Å². The van der Waals surface area contributed by atoms with Gasteiger partial charge in [0.15, 0.2) is 17.6 Å². The molecule has 2 heterocycles. The number of nitro groups is 1. The molecule has 0 aromatic heterocycles. The van der Waals surface area contributed by atoms with Crippen molar-refractivity contribution in [3.05, 3.63) is 94.0 Å². The Balaban J connectivity index is 1.63. The molecule has 0 unspecified atom stereocenters. The lowest BCUT2D eigenvalue weighted by molar-refractivity contribution is -0.385. The van der Waals surface area contributed by atoms with Gasteiger partial charge in [0.25, 0.3) is 11.6 Å². The van der Waals surface area contributed by atoms with Gasteiger partial charge >= 0.3 is 0 Å². The first-order valence-electron chi connectivity index (χ1n) is 11.2. The minimum atomic E-state index is -1.13. The van der Waals surface area contributed by atoms with Gasteiger partial charge in [-0.15, -0.1) is 0 Å². The molecule has 0 radical (unpaired) electrons. The number of amides is 2. The fourth-order valence-corrected chi connectivity index (χ4v) is 4.79. The average Bonchev–Trinajstić information content (AvgIpc) is 3.40. The maximum absolute atomic E-state index is 13.7. The first-order valence-corrected chi connectivity index (χ1v) is 11.2. The van der Waals surface area contributed by atoms with E-state index >= 15 is 0 Å². The van der Waals surface area contributed by atoms with Crippen LogP contribution in [0.5, 0.6) is 11.5 Å². The monoisotopic (exact) mass is 489 g/mol. The number of nitrogens with zero attached hydrogens (tertiary/aromatic N) is 3. The molecule has 10 heteroatoms. The molecule has 0 spiro atoms. The Morgan fingerprint density at radius 1 is 0.917 bits per heavy atom. The molecule has 2 saturated heterocycles. The van der Waals surface area contributed by atoms with E-state index in [2.05, 4.69) is 0 Å². The van der Waals surface area contributed by atoms with E-state index in [4.69, 9.17) is 14.3 Å². The molecule has 184 valence electrons. The molecule has 2 aliphatic heterocycles. The summed E-state index contributed by atoms with van der Waals surface area (Å²) >= 11 is 0. The van der Waals surface area contributed by atoms with E-state index < -0.39 is 34.8 Å². The highest BCUT2D eigenvalue weighted by atomic mass is 16.7. The summed E-state index contributed by atoms with van der Waals surface area (Å²) in [6, 6.07) is 19.8. The van der Waals surface area contributed by atoms with Crippen molar-refractivity contribution in [1.82, 2.24) is 4.90 Å². The molecule has 0 aliphatic carbocycles. The molecule has 0 N–H and O–H groups in total. The molecule has 3 aromatic rings. The standard InChI is InChI=1S/C26H23N3O7/c1-34-20-13-18(19(29(32)33)14-21(20)35-2)23-22-24(36-28(23)17-11-7-4-8-12-17)26(31)27(25(22)30)15-16-9-5-3-6-10-16/h3-14,22-24H,15H2,1-2H3/t22-,23-,24-/m0/s1. The molecule has 5 rings (SSSR count). The number of hydroxylamine groups is 1. The van der Waals surface area contributed by atoms with Crippen molar-refractivity contribution >= 4 is 23.2 Å². The molecule has 0 bridgehead atoms. The zero-order valence-electron chi connectivity index (χ0n) is 19.6. The zero-order valence-corrected chi connectivity index (χ0v) is 19.6. The summed E-state index contributed by atoms with van der Waals surface area (Å²) in [7, 11) is 2.80. The fraction of sp³-hybridized carbons (Fsp3) is 0.231. The van der Waals surface area contributed by atoms with Gasteiger partial charge in [0.2, 0.25) is 5.91 Å². The van der Waals surface area contributed by atoms with Crippen LogP contribution in [0.15, 0.2) is 72.8 Å².